The van der Waals surface area contributed by atoms with Crippen molar-refractivity contribution in [2.75, 3.05) is 11.9 Å². The predicted octanol–water partition coefficient (Wildman–Crippen LogP) is 4.00. The molecule has 1 aromatic carbocycles. The van der Waals surface area contributed by atoms with Crippen molar-refractivity contribution in [3.63, 3.8) is 0 Å². The molecule has 1 aromatic rings. The van der Waals surface area contributed by atoms with Gasteiger partial charge in [0.1, 0.15) is 0 Å². The Morgan fingerprint density at radius 3 is 2.28 bits per heavy atom. The molecule has 18 heavy (non-hydrogen) atoms. The normalized spacial score (nSPS) is 15.3. The van der Waals surface area contributed by atoms with Crippen molar-refractivity contribution < 1.29 is 5.11 Å². The van der Waals surface area contributed by atoms with Crippen LogP contribution in [0.5, 0.6) is 0 Å². The number of hydrogen-bond donors (Lipinski definition) is 1. The van der Waals surface area contributed by atoms with E-state index in [2.05, 4.69) is 45.7 Å². The Labute approximate surface area is 112 Å². The van der Waals surface area contributed by atoms with Gasteiger partial charge >= 0.3 is 0 Å². The highest BCUT2D eigenvalue weighted by molar-refractivity contribution is 5.55. The van der Waals surface area contributed by atoms with Gasteiger partial charge in [0.05, 0.1) is 6.10 Å². The van der Waals surface area contributed by atoms with Crippen LogP contribution in [-0.2, 0) is 0 Å². The van der Waals surface area contributed by atoms with E-state index < -0.39 is 0 Å². The van der Waals surface area contributed by atoms with Crippen LogP contribution in [0.4, 0.5) is 5.69 Å². The van der Waals surface area contributed by atoms with Crippen molar-refractivity contribution in [2.45, 2.75) is 53.2 Å². The average Bonchev–Trinajstić information content (AvgIpc) is 2.35. The Morgan fingerprint density at radius 1 is 1.22 bits per heavy atom. The van der Waals surface area contributed by atoms with Crippen molar-refractivity contribution in [2.24, 2.45) is 5.41 Å². The fraction of sp³-hybridized carbons (Fsp3) is 0.625. The van der Waals surface area contributed by atoms with Gasteiger partial charge < -0.3 is 10.0 Å². The molecule has 0 aliphatic carbocycles. The number of aliphatic hydroxyl groups excluding tert-OH is 1. The standard InChI is InChI=1S/C16H27NO/c1-7-15(18)13-10-8-9-11-14(13)17(6)12(2)16(3,4)5/h8-12,15,18H,7H2,1-6H3. The van der Waals surface area contributed by atoms with Crippen LogP contribution in [0.1, 0.15) is 52.7 Å². The van der Waals surface area contributed by atoms with Gasteiger partial charge in [-0.05, 0) is 24.8 Å². The summed E-state index contributed by atoms with van der Waals surface area (Å²) in [5, 5.41) is 10.1. The van der Waals surface area contributed by atoms with Gasteiger partial charge in [0.25, 0.3) is 0 Å². The first kappa shape index (κ1) is 15.0. The number of anilines is 1. The maximum atomic E-state index is 10.1. The number of nitrogens with zero attached hydrogens (tertiary/aromatic N) is 1. The first-order valence-corrected chi connectivity index (χ1v) is 6.78. The number of aliphatic hydroxyl groups is 1. The molecule has 0 aromatic heterocycles. The van der Waals surface area contributed by atoms with Gasteiger partial charge in [-0.25, -0.2) is 0 Å². The summed E-state index contributed by atoms with van der Waals surface area (Å²) in [6.45, 7) is 11.0. The smallest absolute Gasteiger partial charge is 0.0807 e. The molecule has 0 aliphatic heterocycles. The minimum Gasteiger partial charge on any atom is -0.388 e. The molecule has 2 unspecified atom stereocenters. The second-order valence-electron chi connectivity index (χ2n) is 6.14. The SMILES string of the molecule is CCC(O)c1ccccc1N(C)C(C)C(C)(C)C. The van der Waals surface area contributed by atoms with Gasteiger partial charge in [-0.1, -0.05) is 45.9 Å². The van der Waals surface area contributed by atoms with E-state index in [4.69, 9.17) is 0 Å². The van der Waals surface area contributed by atoms with Crippen molar-refractivity contribution in [1.29, 1.82) is 0 Å². The van der Waals surface area contributed by atoms with Crippen molar-refractivity contribution in [1.82, 2.24) is 0 Å². The summed E-state index contributed by atoms with van der Waals surface area (Å²) < 4.78 is 0. The minimum absolute atomic E-state index is 0.207. The van der Waals surface area contributed by atoms with Crippen LogP contribution in [0.3, 0.4) is 0 Å². The predicted molar refractivity (Wildman–Crippen MR) is 79.0 cm³/mol. The monoisotopic (exact) mass is 249 g/mol. The zero-order valence-corrected chi connectivity index (χ0v) is 12.6. The lowest BCUT2D eigenvalue weighted by Gasteiger charge is -2.38. The van der Waals surface area contributed by atoms with E-state index in [-0.39, 0.29) is 11.5 Å². The zero-order chi connectivity index (χ0) is 13.9. The first-order chi connectivity index (χ1) is 8.29. The minimum atomic E-state index is -0.379. The molecule has 1 N–H and O–H groups in total. The van der Waals surface area contributed by atoms with E-state index in [0.717, 1.165) is 17.7 Å². The van der Waals surface area contributed by atoms with E-state index >= 15 is 0 Å². The molecule has 2 atom stereocenters. The van der Waals surface area contributed by atoms with Gasteiger partial charge in [-0.3, -0.25) is 0 Å². The van der Waals surface area contributed by atoms with E-state index in [0.29, 0.717) is 6.04 Å². The summed E-state index contributed by atoms with van der Waals surface area (Å²) >= 11 is 0. The van der Waals surface area contributed by atoms with E-state index in [9.17, 15) is 5.11 Å². The van der Waals surface area contributed by atoms with E-state index in [1.54, 1.807) is 0 Å². The summed E-state index contributed by atoms with van der Waals surface area (Å²) in [4.78, 5) is 2.27. The maximum Gasteiger partial charge on any atom is 0.0807 e. The van der Waals surface area contributed by atoms with Gasteiger partial charge in [-0.15, -0.1) is 0 Å². The molecule has 0 heterocycles. The molecule has 0 aliphatic rings. The van der Waals surface area contributed by atoms with Crippen LogP contribution < -0.4 is 4.90 Å². The largest absolute Gasteiger partial charge is 0.388 e. The Kier molecular flexibility index (Phi) is 4.80. The lowest BCUT2D eigenvalue weighted by atomic mass is 9.86. The molecule has 2 heteroatoms. The molecule has 0 saturated heterocycles. The summed E-state index contributed by atoms with van der Waals surface area (Å²) in [5.74, 6) is 0. The molecule has 0 spiro atoms. The summed E-state index contributed by atoms with van der Waals surface area (Å²) in [7, 11) is 2.11. The summed E-state index contributed by atoms with van der Waals surface area (Å²) in [5.41, 5.74) is 2.37. The first-order valence-electron chi connectivity index (χ1n) is 6.78. The molecule has 0 amide bonds. The van der Waals surface area contributed by atoms with Gasteiger partial charge in [-0.2, -0.15) is 0 Å². The Morgan fingerprint density at radius 2 is 1.78 bits per heavy atom. The highest BCUT2D eigenvalue weighted by Gasteiger charge is 2.26. The second-order valence-corrected chi connectivity index (χ2v) is 6.14. The van der Waals surface area contributed by atoms with E-state index in [1.165, 1.54) is 0 Å². The Bertz CT molecular complexity index is 381. The third kappa shape index (κ3) is 3.26. The lowest BCUT2D eigenvalue weighted by Crippen LogP contribution is -2.39. The Balaban J connectivity index is 3.09. The third-order valence-corrected chi connectivity index (χ3v) is 3.90. The van der Waals surface area contributed by atoms with Gasteiger partial charge in [0.15, 0.2) is 0 Å². The molecule has 102 valence electrons. The quantitative estimate of drug-likeness (QED) is 0.872. The fourth-order valence-corrected chi connectivity index (χ4v) is 2.10. The van der Waals surface area contributed by atoms with E-state index in [1.807, 2.05) is 25.1 Å². The van der Waals surface area contributed by atoms with Crippen LogP contribution >= 0.6 is 0 Å². The van der Waals surface area contributed by atoms with Crippen LogP contribution in [0.15, 0.2) is 24.3 Å². The maximum absolute atomic E-state index is 10.1. The molecule has 2 nitrogen and oxygen atoms in total. The zero-order valence-electron chi connectivity index (χ0n) is 12.6. The summed E-state index contributed by atoms with van der Waals surface area (Å²) in [6, 6.07) is 8.55. The molecule has 0 saturated carbocycles. The van der Waals surface area contributed by atoms with Crippen molar-refractivity contribution in [3.05, 3.63) is 29.8 Å². The average molecular weight is 249 g/mol. The van der Waals surface area contributed by atoms with Crippen LogP contribution in [-0.4, -0.2) is 18.2 Å². The molecule has 1 rings (SSSR count). The fourth-order valence-electron chi connectivity index (χ4n) is 2.10. The molecule has 0 fully saturated rings. The van der Waals surface area contributed by atoms with Crippen LogP contribution in [0.2, 0.25) is 0 Å². The van der Waals surface area contributed by atoms with Gasteiger partial charge in [0.2, 0.25) is 0 Å². The van der Waals surface area contributed by atoms with Crippen LogP contribution in [0, 0.1) is 5.41 Å². The van der Waals surface area contributed by atoms with Gasteiger partial charge in [0, 0.05) is 24.3 Å². The van der Waals surface area contributed by atoms with Crippen molar-refractivity contribution in [3.8, 4) is 0 Å². The van der Waals surface area contributed by atoms with Crippen LogP contribution in [0.25, 0.3) is 0 Å². The number of benzene rings is 1. The highest BCUT2D eigenvalue weighted by atomic mass is 16.3. The molecule has 0 bridgehead atoms. The number of para-hydroxylation sites is 1. The second kappa shape index (κ2) is 5.75. The number of rotatable bonds is 4. The summed E-state index contributed by atoms with van der Waals surface area (Å²) in [6.07, 6.45) is 0.366. The molecule has 0 radical (unpaired) electrons. The third-order valence-electron chi connectivity index (χ3n) is 3.90. The number of hydrogen-bond acceptors (Lipinski definition) is 2. The molecular formula is C16H27NO. The van der Waals surface area contributed by atoms with Crippen molar-refractivity contribution >= 4 is 5.69 Å². The highest BCUT2D eigenvalue weighted by Crippen LogP contribution is 2.32. The topological polar surface area (TPSA) is 23.5 Å². The Hall–Kier alpha value is -1.02. The lowest BCUT2D eigenvalue weighted by molar-refractivity contribution is 0.173. The molecular weight excluding hydrogens is 222 g/mol.